The molecule has 1 aliphatic rings. The van der Waals surface area contributed by atoms with Gasteiger partial charge in [0, 0.05) is 5.92 Å². The molecular formula is C12H11F2N5. The average Bonchev–Trinajstić information content (AvgIpc) is 3.09. The standard InChI is InChI=1S/C12H11F2N5/c13-8(14)5-15-11-10-12(17-6-16-10)19-9(18-11)4-3-7-1-2-7/h6-8H,1-2,5H2,(H2,15,16,17,18,19). The van der Waals surface area contributed by atoms with E-state index >= 15 is 0 Å². The summed E-state index contributed by atoms with van der Waals surface area (Å²) in [5, 5.41) is 2.58. The predicted octanol–water partition coefficient (Wildman–Crippen LogP) is 1.79. The summed E-state index contributed by atoms with van der Waals surface area (Å²) in [7, 11) is 0. The largest absolute Gasteiger partial charge is 0.362 e. The molecule has 1 aliphatic carbocycles. The lowest BCUT2D eigenvalue weighted by Crippen LogP contribution is -2.12. The van der Waals surface area contributed by atoms with E-state index in [9.17, 15) is 8.78 Å². The summed E-state index contributed by atoms with van der Waals surface area (Å²) in [6.45, 7) is -0.472. The number of hydrogen-bond donors (Lipinski definition) is 2. The highest BCUT2D eigenvalue weighted by molar-refractivity contribution is 5.82. The number of halogens is 2. The summed E-state index contributed by atoms with van der Waals surface area (Å²) in [6, 6.07) is 0. The second kappa shape index (κ2) is 4.80. The quantitative estimate of drug-likeness (QED) is 0.828. The van der Waals surface area contributed by atoms with Crippen LogP contribution in [0.1, 0.15) is 18.7 Å². The molecule has 0 amide bonds. The van der Waals surface area contributed by atoms with Crippen LogP contribution in [0.4, 0.5) is 14.6 Å². The number of alkyl halides is 2. The lowest BCUT2D eigenvalue weighted by molar-refractivity contribution is 0.163. The van der Waals surface area contributed by atoms with Crippen LogP contribution in [-0.2, 0) is 0 Å². The Bertz CT molecular complexity index is 651. The topological polar surface area (TPSA) is 66.5 Å². The molecule has 19 heavy (non-hydrogen) atoms. The number of H-pyrrole nitrogens is 1. The van der Waals surface area contributed by atoms with Gasteiger partial charge in [0.15, 0.2) is 11.5 Å². The molecule has 5 nitrogen and oxygen atoms in total. The summed E-state index contributed by atoms with van der Waals surface area (Å²) in [6.07, 6.45) is 1.21. The molecule has 0 atom stereocenters. The Kier molecular flexibility index (Phi) is 2.99. The van der Waals surface area contributed by atoms with E-state index in [1.54, 1.807) is 0 Å². The van der Waals surface area contributed by atoms with E-state index in [1.165, 1.54) is 6.33 Å². The smallest absolute Gasteiger partial charge is 0.255 e. The van der Waals surface area contributed by atoms with Crippen molar-refractivity contribution in [2.75, 3.05) is 11.9 Å². The van der Waals surface area contributed by atoms with Crippen molar-refractivity contribution in [3.8, 4) is 11.8 Å². The number of nitrogens with zero attached hydrogens (tertiary/aromatic N) is 3. The van der Waals surface area contributed by atoms with Crippen LogP contribution >= 0.6 is 0 Å². The zero-order valence-electron chi connectivity index (χ0n) is 9.95. The molecule has 0 bridgehead atoms. The first-order valence-corrected chi connectivity index (χ1v) is 5.97. The van der Waals surface area contributed by atoms with Gasteiger partial charge in [0.05, 0.1) is 12.9 Å². The van der Waals surface area contributed by atoms with Crippen LogP contribution in [-0.4, -0.2) is 32.9 Å². The van der Waals surface area contributed by atoms with Gasteiger partial charge in [0.25, 0.3) is 6.43 Å². The van der Waals surface area contributed by atoms with Crippen molar-refractivity contribution in [2.45, 2.75) is 19.3 Å². The number of hydrogen-bond acceptors (Lipinski definition) is 4. The first kappa shape index (κ1) is 11.8. The Hall–Kier alpha value is -2.23. The Balaban J connectivity index is 1.93. The molecule has 0 aromatic carbocycles. The van der Waals surface area contributed by atoms with Crippen molar-refractivity contribution in [3.63, 3.8) is 0 Å². The van der Waals surface area contributed by atoms with Gasteiger partial charge in [-0.2, -0.15) is 4.98 Å². The van der Waals surface area contributed by atoms with Crippen molar-refractivity contribution in [1.29, 1.82) is 0 Å². The summed E-state index contributed by atoms with van der Waals surface area (Å²) in [5.74, 6) is 6.94. The lowest BCUT2D eigenvalue weighted by atomic mass is 10.4. The molecule has 3 rings (SSSR count). The number of nitrogens with one attached hydrogen (secondary N) is 2. The minimum atomic E-state index is -2.45. The second-order valence-corrected chi connectivity index (χ2v) is 4.31. The van der Waals surface area contributed by atoms with Gasteiger partial charge >= 0.3 is 0 Å². The fraction of sp³-hybridized carbons (Fsp3) is 0.417. The molecule has 2 N–H and O–H groups in total. The summed E-state index contributed by atoms with van der Waals surface area (Å²) in [4.78, 5) is 15.1. The van der Waals surface area contributed by atoms with Crippen molar-refractivity contribution >= 4 is 17.0 Å². The molecule has 0 unspecified atom stereocenters. The van der Waals surface area contributed by atoms with Gasteiger partial charge in [-0.05, 0) is 18.8 Å². The van der Waals surface area contributed by atoms with Crippen LogP contribution in [0.2, 0.25) is 0 Å². The summed E-state index contributed by atoms with van der Waals surface area (Å²) in [5.41, 5.74) is 0.935. The van der Waals surface area contributed by atoms with Gasteiger partial charge in [0.1, 0.15) is 5.52 Å². The minimum absolute atomic E-state index is 0.308. The van der Waals surface area contributed by atoms with Crippen LogP contribution in [0.15, 0.2) is 6.33 Å². The van der Waals surface area contributed by atoms with Crippen LogP contribution in [0, 0.1) is 17.8 Å². The van der Waals surface area contributed by atoms with Gasteiger partial charge in [-0.15, -0.1) is 0 Å². The van der Waals surface area contributed by atoms with Gasteiger partial charge < -0.3 is 10.3 Å². The van der Waals surface area contributed by atoms with Gasteiger partial charge in [0.2, 0.25) is 5.82 Å². The molecule has 98 valence electrons. The third-order valence-electron chi connectivity index (χ3n) is 2.67. The van der Waals surface area contributed by atoms with E-state index < -0.39 is 13.0 Å². The Morgan fingerprint density at radius 3 is 3.00 bits per heavy atom. The number of fused-ring (bicyclic) bond motifs is 1. The first-order valence-electron chi connectivity index (χ1n) is 5.97. The highest BCUT2D eigenvalue weighted by Crippen LogP contribution is 2.27. The second-order valence-electron chi connectivity index (χ2n) is 4.31. The Morgan fingerprint density at radius 1 is 1.42 bits per heavy atom. The fourth-order valence-electron chi connectivity index (χ4n) is 1.59. The highest BCUT2D eigenvalue weighted by Gasteiger charge is 2.18. The maximum absolute atomic E-state index is 12.2. The first-order chi connectivity index (χ1) is 9.22. The van der Waals surface area contributed by atoms with Gasteiger partial charge in [-0.25, -0.2) is 18.7 Å². The van der Waals surface area contributed by atoms with Crippen LogP contribution in [0.5, 0.6) is 0 Å². The molecule has 7 heteroatoms. The Morgan fingerprint density at radius 2 is 2.26 bits per heavy atom. The maximum atomic E-state index is 12.2. The normalized spacial score (nSPS) is 14.5. The van der Waals surface area contributed by atoms with Gasteiger partial charge in [-0.3, -0.25) is 0 Å². The monoisotopic (exact) mass is 263 g/mol. The van der Waals surface area contributed by atoms with E-state index in [0.717, 1.165) is 12.8 Å². The van der Waals surface area contributed by atoms with Crippen molar-refractivity contribution < 1.29 is 8.78 Å². The summed E-state index contributed by atoms with van der Waals surface area (Å²) < 4.78 is 24.5. The zero-order chi connectivity index (χ0) is 13.2. The SMILES string of the molecule is FC(F)CNc1nc(C#CC2CC2)nc2nc[nH]c12. The molecule has 0 spiro atoms. The number of aromatic amines is 1. The molecule has 2 heterocycles. The number of imidazole rings is 1. The highest BCUT2D eigenvalue weighted by atomic mass is 19.3. The molecule has 0 radical (unpaired) electrons. The molecule has 0 aliphatic heterocycles. The number of aromatic nitrogens is 4. The average molecular weight is 263 g/mol. The molecule has 2 aromatic heterocycles. The molecule has 1 fully saturated rings. The van der Waals surface area contributed by atoms with Crippen molar-refractivity contribution in [1.82, 2.24) is 19.9 Å². The van der Waals surface area contributed by atoms with Crippen molar-refractivity contribution in [2.24, 2.45) is 5.92 Å². The Labute approximate surface area is 107 Å². The van der Waals surface area contributed by atoms with Crippen LogP contribution < -0.4 is 5.32 Å². The molecular weight excluding hydrogens is 252 g/mol. The predicted molar refractivity (Wildman–Crippen MR) is 65.8 cm³/mol. The summed E-state index contributed by atoms with van der Waals surface area (Å²) >= 11 is 0. The third kappa shape index (κ3) is 2.78. The van der Waals surface area contributed by atoms with Gasteiger partial charge in [-0.1, -0.05) is 5.92 Å². The maximum Gasteiger partial charge on any atom is 0.255 e. The third-order valence-corrected chi connectivity index (χ3v) is 2.67. The zero-order valence-corrected chi connectivity index (χ0v) is 9.95. The van der Waals surface area contributed by atoms with E-state index in [1.807, 2.05) is 0 Å². The van der Waals surface area contributed by atoms with E-state index in [4.69, 9.17) is 0 Å². The van der Waals surface area contributed by atoms with E-state index in [2.05, 4.69) is 37.1 Å². The fourth-order valence-corrected chi connectivity index (χ4v) is 1.59. The van der Waals surface area contributed by atoms with E-state index in [-0.39, 0.29) is 0 Å². The van der Waals surface area contributed by atoms with Crippen LogP contribution in [0.3, 0.4) is 0 Å². The molecule has 1 saturated carbocycles. The van der Waals surface area contributed by atoms with E-state index in [0.29, 0.717) is 28.7 Å². The number of anilines is 1. The minimum Gasteiger partial charge on any atom is -0.362 e. The molecule has 0 saturated heterocycles. The van der Waals surface area contributed by atoms with Crippen LogP contribution in [0.25, 0.3) is 11.2 Å². The lowest BCUT2D eigenvalue weighted by Gasteiger charge is -2.05. The molecule has 2 aromatic rings. The number of rotatable bonds is 3. The van der Waals surface area contributed by atoms with Crippen molar-refractivity contribution in [3.05, 3.63) is 12.2 Å².